The molecule has 0 radical (unpaired) electrons. The Morgan fingerprint density at radius 2 is 1.95 bits per heavy atom. The van der Waals surface area contributed by atoms with Crippen molar-refractivity contribution in [3.63, 3.8) is 0 Å². The van der Waals surface area contributed by atoms with Crippen molar-refractivity contribution >= 4 is 15.5 Å². The van der Waals surface area contributed by atoms with Crippen LogP contribution in [0.3, 0.4) is 0 Å². The van der Waals surface area contributed by atoms with Gasteiger partial charge in [-0.2, -0.15) is 10.2 Å². The molecular weight excluding hydrogens is 274 g/mol. The van der Waals surface area contributed by atoms with Gasteiger partial charge in [-0.3, -0.25) is 0 Å². The van der Waals surface area contributed by atoms with E-state index in [1.165, 1.54) is 0 Å². The highest BCUT2D eigenvalue weighted by molar-refractivity contribution is 7.91. The van der Waals surface area contributed by atoms with Crippen LogP contribution in [0.25, 0.3) is 0 Å². The molecule has 0 aliphatic carbocycles. The van der Waals surface area contributed by atoms with Crippen molar-refractivity contribution in [1.29, 1.82) is 0 Å². The van der Waals surface area contributed by atoms with Crippen LogP contribution in [0.2, 0.25) is 0 Å². The summed E-state index contributed by atoms with van der Waals surface area (Å²) in [6.07, 6.45) is 2.20. The summed E-state index contributed by atoms with van der Waals surface area (Å²) in [6, 6.07) is 10.6. The fourth-order valence-corrected chi connectivity index (χ4v) is 3.39. The molecule has 1 heterocycles. The van der Waals surface area contributed by atoms with E-state index in [1.807, 2.05) is 19.1 Å². The third kappa shape index (κ3) is 3.54. The summed E-state index contributed by atoms with van der Waals surface area (Å²) in [7, 11) is -3.24. The van der Waals surface area contributed by atoms with Crippen LogP contribution in [0, 0.1) is 0 Å². The maximum Gasteiger partial charge on any atom is 0.180 e. The van der Waals surface area contributed by atoms with Gasteiger partial charge in [-0.05, 0) is 30.7 Å². The van der Waals surface area contributed by atoms with Gasteiger partial charge >= 0.3 is 0 Å². The summed E-state index contributed by atoms with van der Waals surface area (Å²) in [5.74, 6) is 0.150. The molecule has 0 aliphatic heterocycles. The lowest BCUT2D eigenvalue weighted by Gasteiger charge is -2.11. The first-order valence-electron chi connectivity index (χ1n) is 6.45. The quantitative estimate of drug-likeness (QED) is 0.884. The summed E-state index contributed by atoms with van der Waals surface area (Å²) in [5.41, 5.74) is 1.36. The monoisotopic (exact) mass is 291 g/mol. The SMILES string of the molecule is CCCS(=O)(=O)c1ccccc1NCc1cccnn1. The number of anilines is 1. The fourth-order valence-electron chi connectivity index (χ4n) is 1.88. The standard InChI is InChI=1S/C14H17N3O2S/c1-2-10-20(18,19)14-8-4-3-7-13(14)15-11-12-6-5-9-16-17-12/h3-9,15H,2,10-11H2,1H3. The van der Waals surface area contributed by atoms with Crippen molar-refractivity contribution in [2.45, 2.75) is 24.8 Å². The number of nitrogens with zero attached hydrogens (tertiary/aromatic N) is 2. The van der Waals surface area contributed by atoms with Gasteiger partial charge in [-0.1, -0.05) is 19.1 Å². The fraction of sp³-hybridized carbons (Fsp3) is 0.286. The molecule has 20 heavy (non-hydrogen) atoms. The Balaban J connectivity index is 2.21. The zero-order valence-corrected chi connectivity index (χ0v) is 12.1. The molecule has 2 rings (SSSR count). The topological polar surface area (TPSA) is 72.0 Å². The maximum absolute atomic E-state index is 12.2. The van der Waals surface area contributed by atoms with Crippen LogP contribution in [0.5, 0.6) is 0 Å². The van der Waals surface area contributed by atoms with Crippen molar-refractivity contribution in [2.24, 2.45) is 0 Å². The molecule has 5 nitrogen and oxygen atoms in total. The van der Waals surface area contributed by atoms with Crippen molar-refractivity contribution < 1.29 is 8.42 Å². The van der Waals surface area contributed by atoms with Crippen LogP contribution >= 0.6 is 0 Å². The van der Waals surface area contributed by atoms with Crippen molar-refractivity contribution in [3.05, 3.63) is 48.3 Å². The Hall–Kier alpha value is -1.95. The number of nitrogens with one attached hydrogen (secondary N) is 1. The average molecular weight is 291 g/mol. The van der Waals surface area contributed by atoms with Crippen LogP contribution in [0.15, 0.2) is 47.5 Å². The van der Waals surface area contributed by atoms with Gasteiger partial charge in [0.15, 0.2) is 9.84 Å². The van der Waals surface area contributed by atoms with Crippen LogP contribution in [-0.2, 0) is 16.4 Å². The molecule has 0 bridgehead atoms. The van der Waals surface area contributed by atoms with Gasteiger partial charge in [0.05, 0.1) is 28.6 Å². The first-order chi connectivity index (χ1) is 9.63. The summed E-state index contributed by atoms with van der Waals surface area (Å²) in [5, 5.41) is 10.9. The van der Waals surface area contributed by atoms with Gasteiger partial charge in [0.25, 0.3) is 0 Å². The van der Waals surface area contributed by atoms with Gasteiger partial charge in [0.1, 0.15) is 0 Å². The molecule has 0 saturated carbocycles. The van der Waals surface area contributed by atoms with E-state index in [0.29, 0.717) is 23.5 Å². The molecular formula is C14H17N3O2S. The second-order valence-corrected chi connectivity index (χ2v) is 6.46. The third-order valence-electron chi connectivity index (χ3n) is 2.78. The minimum atomic E-state index is -3.24. The normalized spacial score (nSPS) is 11.2. The second-order valence-electron chi connectivity index (χ2n) is 4.38. The number of hydrogen-bond donors (Lipinski definition) is 1. The molecule has 106 valence electrons. The molecule has 1 aromatic heterocycles. The van der Waals surface area contributed by atoms with Crippen LogP contribution in [0.4, 0.5) is 5.69 Å². The molecule has 0 saturated heterocycles. The molecule has 0 aliphatic rings. The Kier molecular flexibility index (Phi) is 4.68. The maximum atomic E-state index is 12.2. The number of rotatable bonds is 6. The van der Waals surface area contributed by atoms with Crippen LogP contribution in [0.1, 0.15) is 19.0 Å². The summed E-state index contributed by atoms with van der Waals surface area (Å²) in [4.78, 5) is 0.339. The summed E-state index contributed by atoms with van der Waals surface area (Å²) < 4.78 is 24.4. The van der Waals surface area contributed by atoms with E-state index >= 15 is 0 Å². The van der Waals surface area contributed by atoms with Crippen molar-refractivity contribution in [2.75, 3.05) is 11.1 Å². The highest BCUT2D eigenvalue weighted by Gasteiger charge is 2.17. The van der Waals surface area contributed by atoms with E-state index in [2.05, 4.69) is 15.5 Å². The number of para-hydroxylation sites is 1. The molecule has 0 amide bonds. The van der Waals surface area contributed by atoms with Gasteiger partial charge in [-0.15, -0.1) is 0 Å². The average Bonchev–Trinajstić information content (AvgIpc) is 2.46. The molecule has 1 N–H and O–H groups in total. The Morgan fingerprint density at radius 3 is 2.65 bits per heavy atom. The van der Waals surface area contributed by atoms with Gasteiger partial charge in [-0.25, -0.2) is 8.42 Å². The van der Waals surface area contributed by atoms with E-state index in [1.54, 1.807) is 30.5 Å². The molecule has 2 aromatic rings. The second kappa shape index (κ2) is 6.47. The van der Waals surface area contributed by atoms with Gasteiger partial charge in [0.2, 0.25) is 0 Å². The van der Waals surface area contributed by atoms with E-state index in [9.17, 15) is 8.42 Å². The Morgan fingerprint density at radius 1 is 1.15 bits per heavy atom. The van der Waals surface area contributed by atoms with Gasteiger partial charge < -0.3 is 5.32 Å². The first kappa shape index (κ1) is 14.5. The summed E-state index contributed by atoms with van der Waals surface area (Å²) in [6.45, 7) is 2.29. The number of sulfone groups is 1. The first-order valence-corrected chi connectivity index (χ1v) is 8.11. The lowest BCUT2D eigenvalue weighted by Crippen LogP contribution is -2.10. The summed E-state index contributed by atoms with van der Waals surface area (Å²) >= 11 is 0. The number of benzene rings is 1. The molecule has 0 fully saturated rings. The Bertz CT molecular complexity index is 657. The highest BCUT2D eigenvalue weighted by Crippen LogP contribution is 2.22. The minimum absolute atomic E-state index is 0.150. The van der Waals surface area contributed by atoms with E-state index in [4.69, 9.17) is 0 Å². The zero-order chi connectivity index (χ0) is 14.4. The predicted octanol–water partition coefficient (Wildman–Crippen LogP) is 2.27. The van der Waals surface area contributed by atoms with E-state index < -0.39 is 9.84 Å². The zero-order valence-electron chi connectivity index (χ0n) is 11.3. The highest BCUT2D eigenvalue weighted by atomic mass is 32.2. The molecule has 0 unspecified atom stereocenters. The molecule has 6 heteroatoms. The number of aromatic nitrogens is 2. The lowest BCUT2D eigenvalue weighted by molar-refractivity contribution is 0.595. The number of hydrogen-bond acceptors (Lipinski definition) is 5. The lowest BCUT2D eigenvalue weighted by atomic mass is 10.3. The van der Waals surface area contributed by atoms with Gasteiger partial charge in [0, 0.05) is 6.20 Å². The largest absolute Gasteiger partial charge is 0.378 e. The van der Waals surface area contributed by atoms with E-state index in [-0.39, 0.29) is 5.75 Å². The molecule has 0 atom stereocenters. The van der Waals surface area contributed by atoms with Crippen molar-refractivity contribution in [3.8, 4) is 0 Å². The smallest absolute Gasteiger partial charge is 0.180 e. The predicted molar refractivity (Wildman–Crippen MR) is 78.1 cm³/mol. The third-order valence-corrected chi connectivity index (χ3v) is 4.75. The van der Waals surface area contributed by atoms with Crippen molar-refractivity contribution in [1.82, 2.24) is 10.2 Å². The molecule has 1 aromatic carbocycles. The van der Waals surface area contributed by atoms with Crippen LogP contribution in [-0.4, -0.2) is 24.4 Å². The van der Waals surface area contributed by atoms with E-state index in [0.717, 1.165) is 5.69 Å². The minimum Gasteiger partial charge on any atom is -0.378 e. The Labute approximate surface area is 119 Å². The molecule has 0 spiro atoms. The van der Waals surface area contributed by atoms with Crippen LogP contribution < -0.4 is 5.32 Å².